The number of amides is 1. The van der Waals surface area contributed by atoms with Crippen molar-refractivity contribution in [1.29, 1.82) is 0 Å². The maximum absolute atomic E-state index is 12.7. The standard InChI is InChI=1S/C20H30N2O3/c1-16-7-8-18(15-23)13-22(16)20(24)11-19-14-21(9-10-25-19)12-17-5-3-2-4-6-17/h2-6,16,18-19,23H,7-15H2,1H3. The number of benzene rings is 1. The van der Waals surface area contributed by atoms with Crippen LogP contribution in [0.2, 0.25) is 0 Å². The molecule has 3 unspecified atom stereocenters. The number of morpholine rings is 1. The monoisotopic (exact) mass is 346 g/mol. The van der Waals surface area contributed by atoms with E-state index in [1.807, 2.05) is 11.0 Å². The SMILES string of the molecule is CC1CCC(CO)CN1C(=O)CC1CN(Cc2ccccc2)CCO1. The van der Waals surface area contributed by atoms with Gasteiger partial charge in [-0.25, -0.2) is 0 Å². The van der Waals surface area contributed by atoms with Crippen LogP contribution >= 0.6 is 0 Å². The van der Waals surface area contributed by atoms with Crippen LogP contribution < -0.4 is 0 Å². The first-order valence-electron chi connectivity index (χ1n) is 9.44. The van der Waals surface area contributed by atoms with Gasteiger partial charge in [0.25, 0.3) is 0 Å². The predicted octanol–water partition coefficient (Wildman–Crippen LogP) is 1.90. The number of carbonyl (C=O) groups is 1. The van der Waals surface area contributed by atoms with Gasteiger partial charge in [-0.3, -0.25) is 9.69 Å². The van der Waals surface area contributed by atoms with Crippen LogP contribution in [0.1, 0.15) is 31.7 Å². The second kappa shape index (κ2) is 8.79. The first-order valence-corrected chi connectivity index (χ1v) is 9.44. The summed E-state index contributed by atoms with van der Waals surface area (Å²) in [6.07, 6.45) is 2.38. The van der Waals surface area contributed by atoms with Gasteiger partial charge in [-0.2, -0.15) is 0 Å². The molecule has 3 atom stereocenters. The Kier molecular flexibility index (Phi) is 6.45. The van der Waals surface area contributed by atoms with Crippen LogP contribution in [0.5, 0.6) is 0 Å². The van der Waals surface area contributed by atoms with E-state index in [-0.39, 0.29) is 30.6 Å². The van der Waals surface area contributed by atoms with Gasteiger partial charge in [-0.1, -0.05) is 30.3 Å². The van der Waals surface area contributed by atoms with Gasteiger partial charge >= 0.3 is 0 Å². The van der Waals surface area contributed by atoms with Crippen molar-refractivity contribution in [2.45, 2.75) is 44.9 Å². The number of hydrogen-bond donors (Lipinski definition) is 1. The number of aliphatic hydroxyl groups excluding tert-OH is 1. The normalized spacial score (nSPS) is 28.1. The molecule has 0 aliphatic carbocycles. The fraction of sp³-hybridized carbons (Fsp3) is 0.650. The summed E-state index contributed by atoms with van der Waals surface area (Å²) >= 11 is 0. The summed E-state index contributed by atoms with van der Waals surface area (Å²) in [5.41, 5.74) is 1.30. The number of ether oxygens (including phenoxy) is 1. The molecule has 2 heterocycles. The van der Waals surface area contributed by atoms with Crippen LogP contribution in [0.3, 0.4) is 0 Å². The highest BCUT2D eigenvalue weighted by Gasteiger charge is 2.31. The van der Waals surface area contributed by atoms with Crippen molar-refractivity contribution in [1.82, 2.24) is 9.80 Å². The third-order valence-corrected chi connectivity index (χ3v) is 5.43. The zero-order valence-corrected chi connectivity index (χ0v) is 15.1. The maximum atomic E-state index is 12.7. The Morgan fingerprint density at radius 1 is 1.24 bits per heavy atom. The second-order valence-corrected chi connectivity index (χ2v) is 7.44. The quantitative estimate of drug-likeness (QED) is 0.885. The van der Waals surface area contributed by atoms with E-state index in [4.69, 9.17) is 4.74 Å². The molecule has 25 heavy (non-hydrogen) atoms. The molecular formula is C20H30N2O3. The number of carbonyl (C=O) groups excluding carboxylic acids is 1. The number of rotatable bonds is 5. The van der Waals surface area contributed by atoms with Gasteiger partial charge in [0.1, 0.15) is 0 Å². The summed E-state index contributed by atoms with van der Waals surface area (Å²) in [7, 11) is 0. The van der Waals surface area contributed by atoms with Crippen LogP contribution in [0, 0.1) is 5.92 Å². The molecule has 0 spiro atoms. The van der Waals surface area contributed by atoms with Gasteiger partial charge in [0.05, 0.1) is 19.1 Å². The fourth-order valence-electron chi connectivity index (χ4n) is 3.88. The third kappa shape index (κ3) is 5.03. The molecular weight excluding hydrogens is 316 g/mol. The Labute approximate surface area is 150 Å². The summed E-state index contributed by atoms with van der Waals surface area (Å²) in [6, 6.07) is 10.7. The average molecular weight is 346 g/mol. The fourth-order valence-corrected chi connectivity index (χ4v) is 3.88. The Hall–Kier alpha value is -1.43. The molecule has 1 N–H and O–H groups in total. The topological polar surface area (TPSA) is 53.0 Å². The van der Waals surface area contributed by atoms with Crippen LogP contribution in [-0.4, -0.2) is 65.8 Å². The highest BCUT2D eigenvalue weighted by atomic mass is 16.5. The average Bonchev–Trinajstić information content (AvgIpc) is 2.63. The van der Waals surface area contributed by atoms with Crippen molar-refractivity contribution < 1.29 is 14.6 Å². The molecule has 2 fully saturated rings. The van der Waals surface area contributed by atoms with Gasteiger partial charge in [-0.05, 0) is 31.2 Å². The maximum Gasteiger partial charge on any atom is 0.225 e. The van der Waals surface area contributed by atoms with E-state index < -0.39 is 0 Å². The van der Waals surface area contributed by atoms with Crippen molar-refractivity contribution in [3.8, 4) is 0 Å². The molecule has 5 nitrogen and oxygen atoms in total. The Bertz CT molecular complexity index is 551. The molecule has 1 aromatic carbocycles. The van der Waals surface area contributed by atoms with Crippen molar-refractivity contribution >= 4 is 5.91 Å². The minimum atomic E-state index is -0.0355. The lowest BCUT2D eigenvalue weighted by molar-refractivity contribution is -0.141. The van der Waals surface area contributed by atoms with Gasteiger partial charge in [0.2, 0.25) is 5.91 Å². The summed E-state index contributed by atoms with van der Waals surface area (Å²) in [4.78, 5) is 17.1. The van der Waals surface area contributed by atoms with E-state index in [9.17, 15) is 9.90 Å². The Morgan fingerprint density at radius 2 is 2.04 bits per heavy atom. The highest BCUT2D eigenvalue weighted by Crippen LogP contribution is 2.23. The molecule has 0 aromatic heterocycles. The van der Waals surface area contributed by atoms with Crippen molar-refractivity contribution in [3.05, 3.63) is 35.9 Å². The first kappa shape index (κ1) is 18.4. The third-order valence-electron chi connectivity index (χ3n) is 5.43. The van der Waals surface area contributed by atoms with Gasteiger partial charge in [-0.15, -0.1) is 0 Å². The number of likely N-dealkylation sites (tertiary alicyclic amines) is 1. The zero-order chi connectivity index (χ0) is 17.6. The van der Waals surface area contributed by atoms with Crippen molar-refractivity contribution in [3.63, 3.8) is 0 Å². The lowest BCUT2D eigenvalue weighted by Crippen LogP contribution is -2.49. The molecule has 0 saturated carbocycles. The summed E-state index contributed by atoms with van der Waals surface area (Å²) in [5, 5.41) is 9.40. The molecule has 138 valence electrons. The van der Waals surface area contributed by atoms with E-state index in [0.717, 1.165) is 32.5 Å². The van der Waals surface area contributed by atoms with E-state index >= 15 is 0 Å². The minimum Gasteiger partial charge on any atom is -0.396 e. The molecule has 2 aliphatic heterocycles. The number of piperidine rings is 1. The van der Waals surface area contributed by atoms with Gasteiger partial charge in [0.15, 0.2) is 0 Å². The predicted molar refractivity (Wildman–Crippen MR) is 97.1 cm³/mol. The Balaban J connectivity index is 1.52. The van der Waals surface area contributed by atoms with Crippen molar-refractivity contribution in [2.24, 2.45) is 5.92 Å². The van der Waals surface area contributed by atoms with Crippen LogP contribution in [-0.2, 0) is 16.1 Å². The van der Waals surface area contributed by atoms with Gasteiger partial charge < -0.3 is 14.7 Å². The van der Waals surface area contributed by atoms with E-state index in [0.29, 0.717) is 19.6 Å². The van der Waals surface area contributed by atoms with Crippen LogP contribution in [0.25, 0.3) is 0 Å². The molecule has 2 saturated heterocycles. The molecule has 1 aromatic rings. The lowest BCUT2D eigenvalue weighted by Gasteiger charge is -2.39. The molecule has 0 radical (unpaired) electrons. The molecule has 0 bridgehead atoms. The van der Waals surface area contributed by atoms with Crippen LogP contribution in [0.4, 0.5) is 0 Å². The van der Waals surface area contributed by atoms with E-state index in [1.165, 1.54) is 5.56 Å². The zero-order valence-electron chi connectivity index (χ0n) is 15.1. The Morgan fingerprint density at radius 3 is 2.80 bits per heavy atom. The molecule has 2 aliphatic rings. The molecule has 1 amide bonds. The van der Waals surface area contributed by atoms with Crippen molar-refractivity contribution in [2.75, 3.05) is 32.8 Å². The van der Waals surface area contributed by atoms with E-state index in [2.05, 4.69) is 36.1 Å². The highest BCUT2D eigenvalue weighted by molar-refractivity contribution is 5.77. The summed E-state index contributed by atoms with van der Waals surface area (Å²) in [6.45, 7) is 6.24. The molecule has 5 heteroatoms. The smallest absolute Gasteiger partial charge is 0.225 e. The first-order chi connectivity index (χ1) is 12.2. The molecule has 3 rings (SSSR count). The number of hydrogen-bond acceptors (Lipinski definition) is 4. The largest absolute Gasteiger partial charge is 0.396 e. The van der Waals surface area contributed by atoms with Gasteiger partial charge in [0, 0.05) is 38.8 Å². The number of aliphatic hydroxyl groups is 1. The number of nitrogens with zero attached hydrogens (tertiary/aromatic N) is 2. The minimum absolute atomic E-state index is 0.0355. The summed E-state index contributed by atoms with van der Waals surface area (Å²) in [5.74, 6) is 0.388. The van der Waals surface area contributed by atoms with Crippen LogP contribution in [0.15, 0.2) is 30.3 Å². The lowest BCUT2D eigenvalue weighted by atomic mass is 9.93. The van der Waals surface area contributed by atoms with E-state index in [1.54, 1.807) is 0 Å². The summed E-state index contributed by atoms with van der Waals surface area (Å²) < 4.78 is 5.86. The second-order valence-electron chi connectivity index (χ2n) is 7.44.